The van der Waals surface area contributed by atoms with Gasteiger partial charge in [0.05, 0.1) is 13.2 Å². The fourth-order valence-corrected chi connectivity index (χ4v) is 1.51. The summed E-state index contributed by atoms with van der Waals surface area (Å²) in [6.07, 6.45) is 0. The predicted octanol–water partition coefficient (Wildman–Crippen LogP) is 1.33. The van der Waals surface area contributed by atoms with Gasteiger partial charge < -0.3 is 14.8 Å². The molecule has 0 fully saturated rings. The highest BCUT2D eigenvalue weighted by atomic mass is 31.2. The summed E-state index contributed by atoms with van der Waals surface area (Å²) in [7, 11) is -3.65. The van der Waals surface area contributed by atoms with E-state index < -0.39 is 13.2 Å². The molecule has 11 heavy (non-hydrogen) atoms. The van der Waals surface area contributed by atoms with Crippen LogP contribution in [0.15, 0.2) is 0 Å². The maximum Gasteiger partial charge on any atom is 0.417 e. The Labute approximate surface area is 65.4 Å². The first-order valence-corrected chi connectivity index (χ1v) is 4.80. The summed E-state index contributed by atoms with van der Waals surface area (Å²) in [6.45, 7) is 3.49. The quantitative estimate of drug-likeness (QED) is 0.649. The lowest BCUT2D eigenvalue weighted by Gasteiger charge is -2.11. The molecule has 0 aliphatic rings. The van der Waals surface area contributed by atoms with Crippen LogP contribution in [-0.2, 0) is 13.6 Å². The first-order valence-electron chi connectivity index (χ1n) is 3.26. The Morgan fingerprint density at radius 1 is 1.36 bits per heavy atom. The van der Waals surface area contributed by atoms with Crippen LogP contribution in [0.3, 0.4) is 0 Å². The molecule has 1 amide bonds. The lowest BCUT2D eigenvalue weighted by atomic mass is 10.9. The Hall–Kier alpha value is -0.380. The average molecular weight is 181 g/mol. The third-order valence-corrected chi connectivity index (χ3v) is 2.60. The van der Waals surface area contributed by atoms with Crippen LogP contribution >= 0.6 is 7.60 Å². The molecule has 0 bridgehead atoms. The van der Waals surface area contributed by atoms with Crippen molar-refractivity contribution in [2.24, 2.45) is 5.73 Å². The molecule has 0 spiro atoms. The Kier molecular flexibility index (Phi) is 4.33. The summed E-state index contributed by atoms with van der Waals surface area (Å²) in [5.41, 5.74) is 3.75. The van der Waals surface area contributed by atoms with Gasteiger partial charge in [0, 0.05) is 0 Å². The molecule has 0 aliphatic heterocycles. The molecule has 0 aliphatic carbocycles. The first kappa shape index (κ1) is 10.6. The number of nitrogens with two attached hydrogens (primary N) is 1. The lowest BCUT2D eigenvalue weighted by Crippen LogP contribution is -2.13. The van der Waals surface area contributed by atoms with Crippen molar-refractivity contribution in [1.82, 2.24) is 0 Å². The highest BCUT2D eigenvalue weighted by molar-refractivity contribution is 7.71. The molecule has 0 heterocycles. The largest absolute Gasteiger partial charge is 0.417 e. The Morgan fingerprint density at radius 3 is 1.91 bits per heavy atom. The molecule has 0 rings (SSSR count). The van der Waals surface area contributed by atoms with Crippen LogP contribution in [0.5, 0.6) is 0 Å². The number of carbonyl (C=O) groups is 1. The van der Waals surface area contributed by atoms with Crippen molar-refractivity contribution in [1.29, 1.82) is 0 Å². The normalized spacial score (nSPS) is 11.5. The van der Waals surface area contributed by atoms with Gasteiger partial charge >= 0.3 is 13.2 Å². The van der Waals surface area contributed by atoms with Gasteiger partial charge in [-0.25, -0.2) is 4.57 Å². The first-order chi connectivity index (χ1) is 5.06. The topological polar surface area (TPSA) is 78.6 Å². The third-order valence-electron chi connectivity index (χ3n) is 0.868. The van der Waals surface area contributed by atoms with Gasteiger partial charge in [0.15, 0.2) is 0 Å². The molecule has 0 aromatic carbocycles. The van der Waals surface area contributed by atoms with E-state index in [1.165, 1.54) is 0 Å². The van der Waals surface area contributed by atoms with Gasteiger partial charge in [0.25, 0.3) is 0 Å². The highest BCUT2D eigenvalue weighted by Crippen LogP contribution is 2.47. The molecule has 0 saturated heterocycles. The summed E-state index contributed by atoms with van der Waals surface area (Å²) < 4.78 is 20.4. The zero-order chi connectivity index (χ0) is 8.91. The average Bonchev–Trinajstić information content (AvgIpc) is 1.88. The van der Waals surface area contributed by atoms with Gasteiger partial charge in [0.1, 0.15) is 0 Å². The van der Waals surface area contributed by atoms with E-state index in [1.54, 1.807) is 13.8 Å². The molecule has 0 atom stereocenters. The van der Waals surface area contributed by atoms with Gasteiger partial charge in [-0.1, -0.05) is 0 Å². The fourth-order valence-electron chi connectivity index (χ4n) is 0.504. The number of primary amides is 1. The smallest absolute Gasteiger partial charge is 0.359 e. The Bertz CT molecular complexity index is 171. The number of carbonyl (C=O) groups excluding carboxylic acids is 1. The van der Waals surface area contributed by atoms with Crippen molar-refractivity contribution in [3.63, 3.8) is 0 Å². The molecule has 0 saturated carbocycles. The summed E-state index contributed by atoms with van der Waals surface area (Å²) in [5.74, 6) is 0. The van der Waals surface area contributed by atoms with Crippen molar-refractivity contribution >= 4 is 13.2 Å². The minimum atomic E-state index is -3.65. The van der Waals surface area contributed by atoms with Crippen LogP contribution in [0.4, 0.5) is 4.79 Å². The van der Waals surface area contributed by atoms with Crippen LogP contribution in [0, 0.1) is 0 Å². The zero-order valence-electron chi connectivity index (χ0n) is 6.57. The molecule has 0 unspecified atom stereocenters. The van der Waals surface area contributed by atoms with Crippen LogP contribution in [-0.4, -0.2) is 18.9 Å². The SMILES string of the molecule is CCOP(=O)(OCC)C(N)=O. The fraction of sp³-hybridized carbons (Fsp3) is 0.800. The molecule has 2 N–H and O–H groups in total. The van der Waals surface area contributed by atoms with Crippen molar-refractivity contribution in [2.45, 2.75) is 13.8 Å². The van der Waals surface area contributed by atoms with Crippen LogP contribution in [0.2, 0.25) is 0 Å². The van der Waals surface area contributed by atoms with E-state index in [2.05, 4.69) is 9.05 Å². The summed E-state index contributed by atoms with van der Waals surface area (Å²) in [6, 6.07) is 0. The van der Waals surface area contributed by atoms with Crippen molar-refractivity contribution in [3.05, 3.63) is 0 Å². The predicted molar refractivity (Wildman–Crippen MR) is 40.4 cm³/mol. The van der Waals surface area contributed by atoms with Crippen molar-refractivity contribution < 1.29 is 18.4 Å². The van der Waals surface area contributed by atoms with E-state index in [-0.39, 0.29) is 13.2 Å². The zero-order valence-corrected chi connectivity index (χ0v) is 7.47. The van der Waals surface area contributed by atoms with Gasteiger partial charge in [-0.15, -0.1) is 0 Å². The Balaban J connectivity index is 4.27. The van der Waals surface area contributed by atoms with Gasteiger partial charge in [0.2, 0.25) is 0 Å². The standard InChI is InChI=1S/C5H12NO4P/c1-3-9-11(8,5(6)7)10-4-2/h3-4H2,1-2H3,(H2,6,7). The molecular formula is C5H12NO4P. The molecular weight excluding hydrogens is 169 g/mol. The number of rotatable bonds is 5. The van der Waals surface area contributed by atoms with E-state index >= 15 is 0 Å². The number of hydrogen-bond donors (Lipinski definition) is 1. The minimum absolute atomic E-state index is 0.139. The van der Waals surface area contributed by atoms with Crippen LogP contribution < -0.4 is 5.73 Å². The molecule has 66 valence electrons. The lowest BCUT2D eigenvalue weighted by molar-refractivity contribution is 0.211. The maximum absolute atomic E-state index is 11.2. The van der Waals surface area contributed by atoms with Crippen molar-refractivity contribution in [2.75, 3.05) is 13.2 Å². The summed E-state index contributed by atoms with van der Waals surface area (Å²) >= 11 is 0. The second-order valence-corrected chi connectivity index (χ2v) is 3.62. The monoisotopic (exact) mass is 181 g/mol. The van der Waals surface area contributed by atoms with Gasteiger partial charge in [-0.2, -0.15) is 0 Å². The summed E-state index contributed by atoms with van der Waals surface area (Å²) in [4.78, 5) is 10.5. The van der Waals surface area contributed by atoms with E-state index in [1.807, 2.05) is 0 Å². The second kappa shape index (κ2) is 4.49. The van der Waals surface area contributed by atoms with E-state index in [0.29, 0.717) is 0 Å². The molecule has 0 aromatic rings. The third kappa shape index (κ3) is 3.01. The Morgan fingerprint density at radius 2 is 1.73 bits per heavy atom. The van der Waals surface area contributed by atoms with Gasteiger partial charge in [-0.05, 0) is 13.8 Å². The van der Waals surface area contributed by atoms with E-state index in [9.17, 15) is 9.36 Å². The molecule has 6 heteroatoms. The van der Waals surface area contributed by atoms with E-state index in [0.717, 1.165) is 0 Å². The number of amides is 1. The van der Waals surface area contributed by atoms with Crippen LogP contribution in [0.25, 0.3) is 0 Å². The molecule has 5 nitrogen and oxygen atoms in total. The molecule has 0 radical (unpaired) electrons. The minimum Gasteiger partial charge on any atom is -0.359 e. The van der Waals surface area contributed by atoms with Crippen molar-refractivity contribution in [3.8, 4) is 0 Å². The second-order valence-electron chi connectivity index (χ2n) is 1.67. The van der Waals surface area contributed by atoms with E-state index in [4.69, 9.17) is 5.73 Å². The number of hydrogen-bond acceptors (Lipinski definition) is 4. The van der Waals surface area contributed by atoms with Gasteiger partial charge in [-0.3, -0.25) is 4.79 Å². The van der Waals surface area contributed by atoms with Crippen LogP contribution in [0.1, 0.15) is 13.8 Å². The molecule has 0 aromatic heterocycles. The highest BCUT2D eigenvalue weighted by Gasteiger charge is 2.31. The maximum atomic E-state index is 11.2. The summed E-state index contributed by atoms with van der Waals surface area (Å²) in [5, 5.41) is 0.